The fourth-order valence-electron chi connectivity index (χ4n) is 2.07. The molecule has 2 aromatic rings. The molecule has 0 aliphatic heterocycles. The van der Waals surface area contributed by atoms with Crippen molar-refractivity contribution in [3.63, 3.8) is 0 Å². The molecule has 1 aromatic heterocycles. The number of rotatable bonds is 7. The summed E-state index contributed by atoms with van der Waals surface area (Å²) in [6, 6.07) is 4.69. The molecule has 9 nitrogen and oxygen atoms in total. The summed E-state index contributed by atoms with van der Waals surface area (Å²) in [6.45, 7) is 0.541. The predicted molar refractivity (Wildman–Crippen MR) is 103 cm³/mol. The highest BCUT2D eigenvalue weighted by Gasteiger charge is 2.22. The van der Waals surface area contributed by atoms with Gasteiger partial charge in [-0.1, -0.05) is 16.9 Å². The second kappa shape index (κ2) is 9.04. The van der Waals surface area contributed by atoms with Gasteiger partial charge in [-0.2, -0.15) is 0 Å². The number of oxime groups is 1. The van der Waals surface area contributed by atoms with Gasteiger partial charge in [0.25, 0.3) is 0 Å². The number of hydrogen-bond donors (Lipinski definition) is 5. The van der Waals surface area contributed by atoms with Crippen molar-refractivity contribution in [2.24, 2.45) is 5.16 Å². The Morgan fingerprint density at radius 3 is 2.96 bits per heavy atom. The third-order valence-electron chi connectivity index (χ3n) is 3.53. The average Bonchev–Trinajstić information content (AvgIpc) is 3.34. The summed E-state index contributed by atoms with van der Waals surface area (Å²) in [4.78, 5) is 0. The Labute approximate surface area is 166 Å². The van der Waals surface area contributed by atoms with Crippen LogP contribution in [0, 0.1) is 11.2 Å². The van der Waals surface area contributed by atoms with Crippen LogP contribution in [0.1, 0.15) is 18.5 Å². The van der Waals surface area contributed by atoms with Crippen LogP contribution in [0.3, 0.4) is 0 Å². The summed E-state index contributed by atoms with van der Waals surface area (Å²) < 4.78 is 18.4. The second-order valence-corrected chi connectivity index (χ2v) is 7.63. The van der Waals surface area contributed by atoms with Crippen molar-refractivity contribution in [2.45, 2.75) is 23.9 Å². The molecule has 1 heterocycles. The SMILES string of the molecule is N=C(NCCSc1nonc1/C(=N/O)Nc1ccc(F)c(Br)c1)NC1CC1. The van der Waals surface area contributed by atoms with Crippen LogP contribution in [-0.4, -0.2) is 45.7 Å². The first-order valence-corrected chi connectivity index (χ1v) is 9.83. The molecule has 1 aromatic carbocycles. The van der Waals surface area contributed by atoms with Crippen molar-refractivity contribution in [3.8, 4) is 0 Å². The lowest BCUT2D eigenvalue weighted by atomic mass is 10.3. The predicted octanol–water partition coefficient (Wildman–Crippen LogP) is 2.59. The molecule has 0 atom stereocenters. The van der Waals surface area contributed by atoms with E-state index < -0.39 is 5.82 Å². The van der Waals surface area contributed by atoms with Crippen LogP contribution >= 0.6 is 27.7 Å². The van der Waals surface area contributed by atoms with Gasteiger partial charge in [-0.25, -0.2) is 9.02 Å². The lowest BCUT2D eigenvalue weighted by Gasteiger charge is -2.09. The fourth-order valence-corrected chi connectivity index (χ4v) is 3.20. The second-order valence-electron chi connectivity index (χ2n) is 5.69. The zero-order chi connectivity index (χ0) is 19.2. The topological polar surface area (TPSA) is 131 Å². The van der Waals surface area contributed by atoms with Crippen LogP contribution in [0.5, 0.6) is 0 Å². The van der Waals surface area contributed by atoms with E-state index in [9.17, 15) is 9.60 Å². The van der Waals surface area contributed by atoms with Crippen LogP contribution in [0.25, 0.3) is 0 Å². The molecule has 0 bridgehead atoms. The number of nitrogens with one attached hydrogen (secondary N) is 4. The number of nitrogens with zero attached hydrogens (tertiary/aromatic N) is 3. The summed E-state index contributed by atoms with van der Waals surface area (Å²) in [5.74, 6) is 0.513. The molecule has 0 amide bonds. The molecule has 12 heteroatoms. The molecule has 1 saturated carbocycles. The Morgan fingerprint density at radius 2 is 2.26 bits per heavy atom. The van der Waals surface area contributed by atoms with Crippen molar-refractivity contribution in [2.75, 3.05) is 17.6 Å². The summed E-state index contributed by atoms with van der Waals surface area (Å²) in [7, 11) is 0. The Bertz CT molecular complexity index is 843. The number of halogens is 2. The number of benzene rings is 1. The zero-order valence-corrected chi connectivity index (χ0v) is 16.4. The van der Waals surface area contributed by atoms with Crippen molar-refractivity contribution >= 4 is 45.2 Å². The smallest absolute Gasteiger partial charge is 0.202 e. The minimum Gasteiger partial charge on any atom is -0.409 e. The first kappa shape index (κ1) is 19.4. The van der Waals surface area contributed by atoms with Gasteiger partial charge in [0.15, 0.2) is 16.7 Å². The van der Waals surface area contributed by atoms with Crippen LogP contribution in [0.15, 0.2) is 37.5 Å². The Morgan fingerprint density at radius 1 is 1.44 bits per heavy atom. The Balaban J connectivity index is 1.55. The largest absolute Gasteiger partial charge is 0.409 e. The van der Waals surface area contributed by atoms with Gasteiger partial charge < -0.3 is 21.2 Å². The van der Waals surface area contributed by atoms with E-state index in [-0.39, 0.29) is 16.0 Å². The van der Waals surface area contributed by atoms with Gasteiger partial charge in [0, 0.05) is 24.0 Å². The van der Waals surface area contributed by atoms with E-state index in [1.165, 1.54) is 30.0 Å². The molecule has 1 aliphatic carbocycles. The van der Waals surface area contributed by atoms with Gasteiger partial charge in [0.1, 0.15) is 5.82 Å². The lowest BCUT2D eigenvalue weighted by molar-refractivity contribution is 0.297. The summed E-state index contributed by atoms with van der Waals surface area (Å²) in [5.41, 5.74) is 0.727. The van der Waals surface area contributed by atoms with Crippen molar-refractivity contribution < 1.29 is 14.2 Å². The monoisotopic (exact) mass is 457 g/mol. The highest BCUT2D eigenvalue weighted by atomic mass is 79.9. The first-order valence-electron chi connectivity index (χ1n) is 8.05. The molecule has 3 rings (SSSR count). The zero-order valence-electron chi connectivity index (χ0n) is 14.0. The standard InChI is InChI=1S/C15H17BrFN7O2S/c16-10-7-9(3-4-11(10)17)20-13(22-25)12-14(24-26-23-12)27-6-5-19-15(18)21-8-1-2-8/h3-4,7-8,25H,1-2,5-6H2,(H,20,22)(H3,18,19,21). The van der Waals surface area contributed by atoms with Gasteiger partial charge in [-0.05, 0) is 57.3 Å². The maximum Gasteiger partial charge on any atom is 0.202 e. The molecule has 0 unspecified atom stereocenters. The molecule has 0 radical (unpaired) electrons. The van der Waals surface area contributed by atoms with Gasteiger partial charge >= 0.3 is 0 Å². The number of thioether (sulfide) groups is 1. The maximum atomic E-state index is 13.3. The normalized spacial score (nSPS) is 14.1. The fraction of sp³-hybridized carbons (Fsp3) is 0.333. The summed E-state index contributed by atoms with van der Waals surface area (Å²) >= 11 is 4.43. The molecule has 144 valence electrons. The van der Waals surface area contributed by atoms with E-state index in [1.807, 2.05) is 0 Å². The maximum absolute atomic E-state index is 13.3. The number of anilines is 1. The molecule has 0 spiro atoms. The number of guanidine groups is 1. The minimum absolute atomic E-state index is 0.0216. The third-order valence-corrected chi connectivity index (χ3v) is 5.09. The van der Waals surface area contributed by atoms with Crippen molar-refractivity contribution in [1.82, 2.24) is 20.9 Å². The third kappa shape index (κ3) is 5.57. The van der Waals surface area contributed by atoms with E-state index in [4.69, 9.17) is 10.0 Å². The summed E-state index contributed by atoms with van der Waals surface area (Å²) in [6.07, 6.45) is 2.21. The molecular weight excluding hydrogens is 441 g/mol. The summed E-state index contributed by atoms with van der Waals surface area (Å²) in [5, 5.41) is 37.1. The van der Waals surface area contributed by atoms with Crippen molar-refractivity contribution in [3.05, 3.63) is 34.2 Å². The van der Waals surface area contributed by atoms with E-state index >= 15 is 0 Å². The molecule has 27 heavy (non-hydrogen) atoms. The molecule has 1 fully saturated rings. The quantitative estimate of drug-likeness (QED) is 0.107. The van der Waals surface area contributed by atoms with E-state index in [0.717, 1.165) is 12.8 Å². The van der Waals surface area contributed by atoms with Crippen LogP contribution in [0.2, 0.25) is 0 Å². The van der Waals surface area contributed by atoms with Gasteiger partial charge in [0.05, 0.1) is 4.47 Å². The lowest BCUT2D eigenvalue weighted by Crippen LogP contribution is -2.38. The van der Waals surface area contributed by atoms with E-state index in [2.05, 4.69) is 47.3 Å². The Kier molecular flexibility index (Phi) is 6.50. The van der Waals surface area contributed by atoms with Gasteiger partial charge in [-0.15, -0.1) is 0 Å². The van der Waals surface area contributed by atoms with Crippen LogP contribution in [-0.2, 0) is 0 Å². The minimum atomic E-state index is -0.406. The molecular formula is C15H17BrFN7O2S. The molecule has 5 N–H and O–H groups in total. The first-order chi connectivity index (χ1) is 13.1. The average molecular weight is 458 g/mol. The highest BCUT2D eigenvalue weighted by Crippen LogP contribution is 2.23. The molecule has 1 aliphatic rings. The van der Waals surface area contributed by atoms with E-state index in [1.54, 1.807) is 0 Å². The van der Waals surface area contributed by atoms with Crippen LogP contribution < -0.4 is 16.0 Å². The van der Waals surface area contributed by atoms with Crippen molar-refractivity contribution in [1.29, 1.82) is 5.41 Å². The Hall–Kier alpha value is -2.34. The number of hydrogen-bond acceptors (Lipinski definition) is 7. The number of amidine groups is 1. The van der Waals surface area contributed by atoms with Gasteiger partial charge in [-0.3, -0.25) is 5.41 Å². The van der Waals surface area contributed by atoms with Crippen LogP contribution in [0.4, 0.5) is 10.1 Å². The van der Waals surface area contributed by atoms with E-state index in [0.29, 0.717) is 35.0 Å². The molecule has 0 saturated heterocycles. The number of aromatic nitrogens is 2. The van der Waals surface area contributed by atoms with Gasteiger partial charge in [0.2, 0.25) is 5.84 Å². The highest BCUT2D eigenvalue weighted by molar-refractivity contribution is 9.10.